The average molecular weight is 468 g/mol. The van der Waals surface area contributed by atoms with Crippen LogP contribution in [0.25, 0.3) is 10.8 Å². The molecular formula is C25H29N3O4S. The second-order valence-corrected chi connectivity index (χ2v) is 9.92. The van der Waals surface area contributed by atoms with Crippen LogP contribution < -0.4 is 9.64 Å². The molecule has 0 N–H and O–H groups in total. The summed E-state index contributed by atoms with van der Waals surface area (Å²) in [5.41, 5.74) is 1.00. The fourth-order valence-electron chi connectivity index (χ4n) is 4.18. The van der Waals surface area contributed by atoms with Crippen LogP contribution in [0.15, 0.2) is 71.6 Å². The smallest absolute Gasteiger partial charge is 0.243 e. The molecule has 1 aliphatic heterocycles. The van der Waals surface area contributed by atoms with Gasteiger partial charge in [0.05, 0.1) is 24.2 Å². The number of piperazine rings is 1. The highest BCUT2D eigenvalue weighted by Gasteiger charge is 2.29. The lowest BCUT2D eigenvalue weighted by atomic mass is 10.1. The maximum absolute atomic E-state index is 13.3. The van der Waals surface area contributed by atoms with Gasteiger partial charge in [-0.2, -0.15) is 4.31 Å². The number of nitrogens with zero attached hydrogens (tertiary/aromatic N) is 3. The van der Waals surface area contributed by atoms with E-state index in [1.807, 2.05) is 48.5 Å². The van der Waals surface area contributed by atoms with Crippen molar-refractivity contribution in [1.82, 2.24) is 9.21 Å². The van der Waals surface area contributed by atoms with Crippen LogP contribution in [0.5, 0.6) is 5.75 Å². The Labute approximate surface area is 195 Å². The summed E-state index contributed by atoms with van der Waals surface area (Å²) in [5, 5.41) is 1.83. The van der Waals surface area contributed by atoms with Crippen molar-refractivity contribution in [2.24, 2.45) is 0 Å². The zero-order chi connectivity index (χ0) is 23.4. The quantitative estimate of drug-likeness (QED) is 0.534. The van der Waals surface area contributed by atoms with E-state index in [4.69, 9.17) is 4.74 Å². The summed E-state index contributed by atoms with van der Waals surface area (Å²) in [5.74, 6) is 0.622. The zero-order valence-corrected chi connectivity index (χ0v) is 19.8. The van der Waals surface area contributed by atoms with Gasteiger partial charge in [0.2, 0.25) is 15.9 Å². The Morgan fingerprint density at radius 1 is 0.939 bits per heavy atom. The number of fused-ring (bicyclic) bond motifs is 1. The van der Waals surface area contributed by atoms with E-state index in [-0.39, 0.29) is 23.9 Å². The monoisotopic (exact) mass is 467 g/mol. The summed E-state index contributed by atoms with van der Waals surface area (Å²) >= 11 is 0. The third-order valence-corrected chi connectivity index (χ3v) is 8.00. The molecule has 4 rings (SSSR count). The maximum Gasteiger partial charge on any atom is 0.243 e. The van der Waals surface area contributed by atoms with Gasteiger partial charge in [-0.05, 0) is 35.0 Å². The molecule has 3 aromatic rings. The highest BCUT2D eigenvalue weighted by molar-refractivity contribution is 7.89. The summed E-state index contributed by atoms with van der Waals surface area (Å²) in [6.07, 6.45) is 0. The number of anilines is 1. The molecule has 0 atom stereocenters. The van der Waals surface area contributed by atoms with E-state index in [9.17, 15) is 13.2 Å². The van der Waals surface area contributed by atoms with Crippen LogP contribution in [0.3, 0.4) is 0 Å². The van der Waals surface area contributed by atoms with Crippen molar-refractivity contribution in [3.8, 4) is 5.75 Å². The summed E-state index contributed by atoms with van der Waals surface area (Å²) in [7, 11) is -2.13. The molecule has 0 unspecified atom stereocenters. The molecule has 33 heavy (non-hydrogen) atoms. The van der Waals surface area contributed by atoms with Crippen LogP contribution in [0.1, 0.15) is 6.92 Å². The van der Waals surface area contributed by atoms with Crippen molar-refractivity contribution < 1.29 is 17.9 Å². The van der Waals surface area contributed by atoms with Gasteiger partial charge in [-0.15, -0.1) is 0 Å². The molecule has 7 nitrogen and oxygen atoms in total. The van der Waals surface area contributed by atoms with E-state index < -0.39 is 10.0 Å². The number of carbonyl (C=O) groups excluding carboxylic acids is 1. The molecule has 0 radical (unpaired) electrons. The summed E-state index contributed by atoms with van der Waals surface area (Å²) in [6.45, 7) is 4.20. The first-order valence-electron chi connectivity index (χ1n) is 11.1. The molecule has 0 spiro atoms. The van der Waals surface area contributed by atoms with Crippen LogP contribution in [0, 0.1) is 0 Å². The molecule has 1 fully saturated rings. The van der Waals surface area contributed by atoms with Gasteiger partial charge in [0.1, 0.15) is 5.75 Å². The van der Waals surface area contributed by atoms with Crippen molar-refractivity contribution in [1.29, 1.82) is 0 Å². The molecule has 3 aromatic carbocycles. The van der Waals surface area contributed by atoms with E-state index in [0.717, 1.165) is 22.2 Å². The number of methoxy groups -OCH3 is 1. The lowest BCUT2D eigenvalue weighted by Gasteiger charge is -2.37. The van der Waals surface area contributed by atoms with Gasteiger partial charge in [-0.25, -0.2) is 8.42 Å². The Kier molecular flexibility index (Phi) is 6.85. The number of likely N-dealkylation sites (N-methyl/N-ethyl adjacent to an activating group) is 1. The average Bonchev–Trinajstić information content (AvgIpc) is 2.86. The molecule has 8 heteroatoms. The fraction of sp³-hybridized carbons (Fsp3) is 0.320. The first-order chi connectivity index (χ1) is 15.9. The van der Waals surface area contributed by atoms with Gasteiger partial charge in [-0.1, -0.05) is 49.4 Å². The SMILES string of the molecule is CCN(CC(=O)N1CCN(c2ccccc2OC)CC1)S(=O)(=O)c1ccc2ccccc2c1. The predicted molar refractivity (Wildman–Crippen MR) is 130 cm³/mol. The van der Waals surface area contributed by atoms with E-state index in [2.05, 4.69) is 4.90 Å². The summed E-state index contributed by atoms with van der Waals surface area (Å²) in [4.78, 5) is 17.1. The molecule has 0 aromatic heterocycles. The Morgan fingerprint density at radius 2 is 1.61 bits per heavy atom. The van der Waals surface area contributed by atoms with Crippen LogP contribution in [-0.4, -0.2) is 69.9 Å². The van der Waals surface area contributed by atoms with Crippen molar-refractivity contribution in [3.63, 3.8) is 0 Å². The molecule has 0 aliphatic carbocycles. The minimum Gasteiger partial charge on any atom is -0.495 e. The number of sulfonamides is 1. The number of para-hydroxylation sites is 2. The minimum absolute atomic E-state index is 0.166. The van der Waals surface area contributed by atoms with Crippen molar-refractivity contribution in [2.75, 3.05) is 51.3 Å². The Bertz CT molecular complexity index is 1240. The predicted octanol–water partition coefficient (Wildman–Crippen LogP) is 3.21. The molecule has 0 saturated carbocycles. The van der Waals surface area contributed by atoms with E-state index >= 15 is 0 Å². The minimum atomic E-state index is -3.78. The van der Waals surface area contributed by atoms with Gasteiger partial charge >= 0.3 is 0 Å². The maximum atomic E-state index is 13.3. The number of amides is 1. The van der Waals surface area contributed by atoms with Crippen molar-refractivity contribution in [2.45, 2.75) is 11.8 Å². The third kappa shape index (κ3) is 4.82. The van der Waals surface area contributed by atoms with Crippen molar-refractivity contribution >= 4 is 32.4 Å². The second kappa shape index (κ2) is 9.80. The largest absolute Gasteiger partial charge is 0.495 e. The third-order valence-electron chi connectivity index (χ3n) is 6.08. The lowest BCUT2D eigenvalue weighted by molar-refractivity contribution is -0.131. The van der Waals surface area contributed by atoms with Gasteiger partial charge in [0, 0.05) is 32.7 Å². The molecule has 1 amide bonds. The summed E-state index contributed by atoms with van der Waals surface area (Å²) < 4.78 is 33.2. The van der Waals surface area contributed by atoms with Gasteiger partial charge in [0.15, 0.2) is 0 Å². The van der Waals surface area contributed by atoms with Crippen LogP contribution >= 0.6 is 0 Å². The Hall–Kier alpha value is -3.10. The topological polar surface area (TPSA) is 70.2 Å². The second-order valence-electron chi connectivity index (χ2n) is 7.98. The van der Waals surface area contributed by atoms with Crippen molar-refractivity contribution in [3.05, 3.63) is 66.7 Å². The first-order valence-corrected chi connectivity index (χ1v) is 12.5. The number of rotatable bonds is 7. The summed E-state index contributed by atoms with van der Waals surface area (Å²) in [6, 6.07) is 20.5. The number of hydrogen-bond donors (Lipinski definition) is 0. The molecule has 174 valence electrons. The van der Waals surface area contributed by atoms with Crippen LogP contribution in [0.4, 0.5) is 5.69 Å². The van der Waals surface area contributed by atoms with Crippen LogP contribution in [-0.2, 0) is 14.8 Å². The Balaban J connectivity index is 1.43. The van der Waals surface area contributed by atoms with E-state index in [1.54, 1.807) is 37.1 Å². The van der Waals surface area contributed by atoms with Gasteiger partial charge in [-0.3, -0.25) is 4.79 Å². The fourth-order valence-corrected chi connectivity index (χ4v) is 5.62. The molecule has 0 bridgehead atoms. The highest BCUT2D eigenvalue weighted by Crippen LogP contribution is 2.28. The number of ether oxygens (including phenoxy) is 1. The molecular weight excluding hydrogens is 438 g/mol. The Morgan fingerprint density at radius 3 is 2.30 bits per heavy atom. The van der Waals surface area contributed by atoms with Crippen LogP contribution in [0.2, 0.25) is 0 Å². The number of carbonyl (C=O) groups is 1. The molecule has 1 heterocycles. The lowest BCUT2D eigenvalue weighted by Crippen LogP contribution is -2.51. The van der Waals surface area contributed by atoms with Gasteiger partial charge in [0.25, 0.3) is 0 Å². The normalized spacial score (nSPS) is 14.6. The number of benzene rings is 3. The zero-order valence-electron chi connectivity index (χ0n) is 19.0. The standard InChI is InChI=1S/C25H29N3O4S/c1-3-28(33(30,31)22-13-12-20-8-4-5-9-21(20)18-22)19-25(29)27-16-14-26(15-17-27)23-10-6-7-11-24(23)32-2/h4-13,18H,3,14-17,19H2,1-2H3. The van der Waals surface area contributed by atoms with E-state index in [1.165, 1.54) is 4.31 Å². The highest BCUT2D eigenvalue weighted by atomic mass is 32.2. The van der Waals surface area contributed by atoms with E-state index in [0.29, 0.717) is 26.2 Å². The first kappa shape index (κ1) is 23.1. The molecule has 1 saturated heterocycles. The molecule has 1 aliphatic rings. The number of hydrogen-bond acceptors (Lipinski definition) is 5. The van der Waals surface area contributed by atoms with Gasteiger partial charge < -0.3 is 14.5 Å².